The van der Waals surface area contributed by atoms with Crippen LogP contribution in [0.2, 0.25) is 0 Å². The molecule has 1 saturated carbocycles. The third-order valence-electron chi connectivity index (χ3n) is 2.65. The van der Waals surface area contributed by atoms with E-state index in [9.17, 15) is 13.6 Å². The molecule has 0 heterocycles. The minimum Gasteiger partial charge on any atom is -0.347 e. The molecule has 1 amide bonds. The van der Waals surface area contributed by atoms with Gasteiger partial charge in [0.1, 0.15) is 17.2 Å². The van der Waals surface area contributed by atoms with Gasteiger partial charge in [0, 0.05) is 10.0 Å². The highest BCUT2D eigenvalue weighted by atomic mass is 79.9. The Morgan fingerprint density at radius 1 is 1.38 bits per heavy atom. The minimum absolute atomic E-state index is 0.275. The summed E-state index contributed by atoms with van der Waals surface area (Å²) in [6, 6.07) is 2.15. The van der Waals surface area contributed by atoms with Gasteiger partial charge < -0.3 is 5.32 Å². The lowest BCUT2D eigenvalue weighted by molar-refractivity contribution is 0.0927. The van der Waals surface area contributed by atoms with E-state index < -0.39 is 23.1 Å². The average Bonchev–Trinajstić information content (AvgIpc) is 2.80. The maximum absolute atomic E-state index is 13.4. The predicted molar refractivity (Wildman–Crippen MR) is 59.2 cm³/mol. The van der Waals surface area contributed by atoms with Gasteiger partial charge in [-0.2, -0.15) is 0 Å². The monoisotopic (exact) mass is 289 g/mol. The number of nitrogens with one attached hydrogen (secondary N) is 1. The summed E-state index contributed by atoms with van der Waals surface area (Å²) in [7, 11) is 0. The molecule has 0 bridgehead atoms. The standard InChI is InChI=1S/C11H10BrF2NO/c1-11(2-3-11)15-10(16)9-7(13)4-6(12)5-8(9)14/h4-5H,2-3H2,1H3,(H,15,16). The second-order valence-corrected chi connectivity index (χ2v) is 5.17. The third kappa shape index (κ3) is 2.24. The van der Waals surface area contributed by atoms with Crippen LogP contribution >= 0.6 is 15.9 Å². The number of carbonyl (C=O) groups excluding carboxylic acids is 1. The Morgan fingerprint density at radius 2 is 1.88 bits per heavy atom. The van der Waals surface area contributed by atoms with Crippen LogP contribution in [0.4, 0.5) is 8.78 Å². The predicted octanol–water partition coefficient (Wildman–Crippen LogP) is 3.01. The van der Waals surface area contributed by atoms with E-state index in [-0.39, 0.29) is 10.0 Å². The number of rotatable bonds is 2. The summed E-state index contributed by atoms with van der Waals surface area (Å²) in [6.45, 7) is 1.85. The molecule has 86 valence electrons. The molecule has 2 rings (SSSR count). The largest absolute Gasteiger partial charge is 0.347 e. The Kier molecular flexibility index (Phi) is 2.74. The zero-order chi connectivity index (χ0) is 11.9. The Bertz CT molecular complexity index is 434. The quantitative estimate of drug-likeness (QED) is 0.891. The van der Waals surface area contributed by atoms with Crippen LogP contribution in [-0.2, 0) is 0 Å². The van der Waals surface area contributed by atoms with Crippen LogP contribution in [0.25, 0.3) is 0 Å². The molecule has 1 aromatic rings. The molecule has 0 spiro atoms. The van der Waals surface area contributed by atoms with E-state index in [4.69, 9.17) is 0 Å². The Morgan fingerprint density at radius 3 is 2.31 bits per heavy atom. The van der Waals surface area contributed by atoms with Gasteiger partial charge in [0.15, 0.2) is 0 Å². The number of amides is 1. The summed E-state index contributed by atoms with van der Waals surface area (Å²) in [4.78, 5) is 11.6. The van der Waals surface area contributed by atoms with Gasteiger partial charge in [-0.15, -0.1) is 0 Å². The maximum Gasteiger partial charge on any atom is 0.257 e. The Labute approximate surface area is 100 Å². The molecule has 5 heteroatoms. The molecular formula is C11H10BrF2NO. The first-order valence-electron chi connectivity index (χ1n) is 4.88. The lowest BCUT2D eigenvalue weighted by Crippen LogP contribution is -2.35. The average molecular weight is 290 g/mol. The molecule has 1 fully saturated rings. The molecule has 0 unspecified atom stereocenters. The first-order valence-corrected chi connectivity index (χ1v) is 5.68. The smallest absolute Gasteiger partial charge is 0.257 e. The van der Waals surface area contributed by atoms with Gasteiger partial charge in [-0.25, -0.2) is 8.78 Å². The van der Waals surface area contributed by atoms with Crippen molar-refractivity contribution < 1.29 is 13.6 Å². The van der Waals surface area contributed by atoms with Crippen LogP contribution in [0.15, 0.2) is 16.6 Å². The summed E-state index contributed by atoms with van der Waals surface area (Å²) in [5.41, 5.74) is -0.806. The molecule has 1 aliphatic carbocycles. The van der Waals surface area contributed by atoms with Gasteiger partial charge >= 0.3 is 0 Å². The Hall–Kier alpha value is -0.970. The van der Waals surface area contributed by atoms with Crippen molar-refractivity contribution in [2.75, 3.05) is 0 Å². The van der Waals surface area contributed by atoms with Gasteiger partial charge in [0.25, 0.3) is 5.91 Å². The van der Waals surface area contributed by atoms with Crippen molar-refractivity contribution >= 4 is 21.8 Å². The molecule has 0 aromatic heterocycles. The van der Waals surface area contributed by atoms with Crippen molar-refractivity contribution in [1.29, 1.82) is 0 Å². The van der Waals surface area contributed by atoms with Crippen molar-refractivity contribution in [2.45, 2.75) is 25.3 Å². The molecule has 0 saturated heterocycles. The highest BCUT2D eigenvalue weighted by Gasteiger charge is 2.39. The fraction of sp³-hybridized carbons (Fsp3) is 0.364. The van der Waals surface area contributed by atoms with Crippen LogP contribution in [0.3, 0.4) is 0 Å². The zero-order valence-electron chi connectivity index (χ0n) is 8.61. The van der Waals surface area contributed by atoms with E-state index in [0.717, 1.165) is 25.0 Å². The van der Waals surface area contributed by atoms with E-state index in [1.807, 2.05) is 6.92 Å². The molecule has 0 atom stereocenters. The summed E-state index contributed by atoms with van der Waals surface area (Å²) in [6.07, 6.45) is 1.69. The SMILES string of the molecule is CC1(NC(=O)c2c(F)cc(Br)cc2F)CC1. The first-order chi connectivity index (χ1) is 7.41. The van der Waals surface area contributed by atoms with Gasteiger partial charge in [0.05, 0.1) is 0 Å². The second-order valence-electron chi connectivity index (χ2n) is 4.26. The summed E-state index contributed by atoms with van der Waals surface area (Å²) >= 11 is 2.96. The van der Waals surface area contributed by atoms with Crippen LogP contribution < -0.4 is 5.32 Å². The van der Waals surface area contributed by atoms with Crippen LogP contribution in [0.5, 0.6) is 0 Å². The fourth-order valence-electron chi connectivity index (χ4n) is 1.41. The summed E-state index contributed by atoms with van der Waals surface area (Å²) < 4.78 is 27.1. The van der Waals surface area contributed by atoms with E-state index in [0.29, 0.717) is 0 Å². The topological polar surface area (TPSA) is 29.1 Å². The fourth-order valence-corrected chi connectivity index (χ4v) is 1.81. The molecule has 1 N–H and O–H groups in total. The summed E-state index contributed by atoms with van der Waals surface area (Å²) in [5.74, 6) is -2.40. The van der Waals surface area contributed by atoms with Gasteiger partial charge in [-0.1, -0.05) is 15.9 Å². The number of hydrogen-bond donors (Lipinski definition) is 1. The Balaban J connectivity index is 2.29. The van der Waals surface area contributed by atoms with E-state index in [1.54, 1.807) is 0 Å². The molecule has 1 aromatic carbocycles. The van der Waals surface area contributed by atoms with Crippen molar-refractivity contribution in [3.63, 3.8) is 0 Å². The normalized spacial score (nSPS) is 17.0. The molecule has 1 aliphatic rings. The highest BCUT2D eigenvalue weighted by Crippen LogP contribution is 2.34. The lowest BCUT2D eigenvalue weighted by Gasteiger charge is -2.12. The van der Waals surface area contributed by atoms with Crippen LogP contribution in [-0.4, -0.2) is 11.4 Å². The maximum atomic E-state index is 13.4. The summed E-state index contributed by atoms with van der Waals surface area (Å²) in [5, 5.41) is 2.61. The minimum atomic E-state index is -0.853. The van der Waals surface area contributed by atoms with Crippen molar-refractivity contribution in [1.82, 2.24) is 5.32 Å². The second kappa shape index (κ2) is 3.80. The van der Waals surface area contributed by atoms with Gasteiger partial charge in [0.2, 0.25) is 0 Å². The van der Waals surface area contributed by atoms with E-state index >= 15 is 0 Å². The highest BCUT2D eigenvalue weighted by molar-refractivity contribution is 9.10. The molecule has 2 nitrogen and oxygen atoms in total. The van der Waals surface area contributed by atoms with Gasteiger partial charge in [-0.3, -0.25) is 4.79 Å². The van der Waals surface area contributed by atoms with Crippen LogP contribution in [0, 0.1) is 11.6 Å². The molecule has 0 aliphatic heterocycles. The van der Waals surface area contributed by atoms with E-state index in [1.165, 1.54) is 0 Å². The molecule has 16 heavy (non-hydrogen) atoms. The van der Waals surface area contributed by atoms with Crippen LogP contribution in [0.1, 0.15) is 30.1 Å². The zero-order valence-corrected chi connectivity index (χ0v) is 10.2. The number of carbonyl (C=O) groups is 1. The number of hydrogen-bond acceptors (Lipinski definition) is 1. The van der Waals surface area contributed by atoms with E-state index in [2.05, 4.69) is 21.2 Å². The molecular weight excluding hydrogens is 280 g/mol. The third-order valence-corrected chi connectivity index (χ3v) is 3.11. The molecule has 0 radical (unpaired) electrons. The van der Waals surface area contributed by atoms with Crippen molar-refractivity contribution in [2.24, 2.45) is 0 Å². The number of halogens is 3. The van der Waals surface area contributed by atoms with Crippen molar-refractivity contribution in [3.05, 3.63) is 33.8 Å². The lowest BCUT2D eigenvalue weighted by atomic mass is 10.1. The first kappa shape index (κ1) is 11.5. The van der Waals surface area contributed by atoms with Gasteiger partial charge in [-0.05, 0) is 31.9 Å². The van der Waals surface area contributed by atoms with Crippen molar-refractivity contribution in [3.8, 4) is 0 Å². The number of benzene rings is 1.